The second kappa shape index (κ2) is 10.3. The number of benzene rings is 1. The van der Waals surface area contributed by atoms with Gasteiger partial charge < -0.3 is 36.1 Å². The van der Waals surface area contributed by atoms with Crippen molar-refractivity contribution in [1.82, 2.24) is 25.4 Å². The summed E-state index contributed by atoms with van der Waals surface area (Å²) in [4.78, 5) is 69.2. The van der Waals surface area contributed by atoms with Crippen LogP contribution in [-0.2, 0) is 26.3 Å². The molecule has 14 nitrogen and oxygen atoms in total. The number of carboxylic acid groups (broad SMARTS) is 1. The molecule has 38 heavy (non-hydrogen) atoms. The van der Waals surface area contributed by atoms with Crippen LogP contribution in [0.5, 0.6) is 5.75 Å². The summed E-state index contributed by atoms with van der Waals surface area (Å²) in [7, 11) is -1.60. The van der Waals surface area contributed by atoms with Gasteiger partial charge in [-0.3, -0.25) is 19.3 Å². The van der Waals surface area contributed by atoms with Crippen molar-refractivity contribution in [2.45, 2.75) is 31.7 Å². The summed E-state index contributed by atoms with van der Waals surface area (Å²) in [6.45, 7) is 3.43. The van der Waals surface area contributed by atoms with E-state index in [4.69, 9.17) is 10.4 Å². The number of aromatic carboxylic acids is 1. The van der Waals surface area contributed by atoms with Gasteiger partial charge in [-0.05, 0) is 31.9 Å². The normalized spacial score (nSPS) is 18.8. The van der Waals surface area contributed by atoms with Crippen LogP contribution in [-0.4, -0.2) is 87.3 Å². The lowest BCUT2D eigenvalue weighted by Crippen LogP contribution is -2.64. The molecule has 0 bridgehead atoms. The Hall–Kier alpha value is -4.18. The molecule has 2 atom stereocenters. The lowest BCUT2D eigenvalue weighted by Gasteiger charge is -2.36. The Kier molecular flexibility index (Phi) is 7.28. The number of fused-ring (bicyclic) bond motifs is 1. The van der Waals surface area contributed by atoms with Crippen molar-refractivity contribution >= 4 is 53.3 Å². The van der Waals surface area contributed by atoms with E-state index in [0.717, 1.165) is 16.2 Å². The molecule has 3 heterocycles. The average Bonchev–Trinajstić information content (AvgIpc) is 3.32. The molecule has 1 saturated heterocycles. The second-order valence-electron chi connectivity index (χ2n) is 8.86. The van der Waals surface area contributed by atoms with Crippen molar-refractivity contribution in [1.29, 1.82) is 0 Å². The zero-order chi connectivity index (χ0) is 27.8. The third-order valence-electron chi connectivity index (χ3n) is 6.45. The predicted molar refractivity (Wildman–Crippen MR) is 134 cm³/mol. The van der Waals surface area contributed by atoms with Crippen molar-refractivity contribution in [3.63, 3.8) is 0 Å². The van der Waals surface area contributed by atoms with Crippen LogP contribution in [0.15, 0.2) is 23.6 Å². The average molecular weight is 544 g/mol. The van der Waals surface area contributed by atoms with E-state index in [-0.39, 0.29) is 41.6 Å². The van der Waals surface area contributed by atoms with Crippen LogP contribution in [0.1, 0.15) is 35.5 Å². The molecule has 2 aliphatic rings. The molecule has 1 aromatic heterocycles. The quantitative estimate of drug-likeness (QED) is 0.226. The highest BCUT2D eigenvalue weighted by atomic mass is 32.1. The number of nitrogens with zero attached hydrogens (tertiary/aromatic N) is 3. The zero-order valence-electron chi connectivity index (χ0n) is 20.5. The highest BCUT2D eigenvalue weighted by molar-refractivity contribution is 7.13. The molecule has 0 unspecified atom stereocenters. The summed E-state index contributed by atoms with van der Waals surface area (Å²) < 4.78 is 5.43. The van der Waals surface area contributed by atoms with Crippen LogP contribution in [0.25, 0.3) is 0 Å². The number of anilines is 1. The summed E-state index contributed by atoms with van der Waals surface area (Å²) in [5.41, 5.74) is 4.26. The number of piperazine rings is 1. The van der Waals surface area contributed by atoms with Crippen LogP contribution < -0.4 is 21.0 Å². The number of aromatic nitrogens is 1. The molecule has 2 aromatic rings. The molecule has 0 saturated carbocycles. The highest BCUT2D eigenvalue weighted by Gasteiger charge is 2.46. The minimum Gasteiger partial charge on any atom is -0.534 e. The third-order valence-corrected chi connectivity index (χ3v) is 7.12. The van der Waals surface area contributed by atoms with E-state index in [1.54, 1.807) is 13.0 Å². The van der Waals surface area contributed by atoms with Gasteiger partial charge in [0.25, 0.3) is 5.91 Å². The number of thiazole rings is 1. The zero-order valence-corrected chi connectivity index (χ0v) is 21.3. The number of likely N-dealkylation sites (N-methyl/N-ethyl adjacent to an activating group) is 1. The Balaban J connectivity index is 1.58. The molecular weight excluding hydrogens is 519 g/mol. The van der Waals surface area contributed by atoms with Crippen molar-refractivity contribution in [2.75, 3.05) is 25.4 Å². The number of hydrogen-bond acceptors (Lipinski definition) is 10. The number of nitrogen functional groups attached to an aromatic ring is 1. The third kappa shape index (κ3) is 4.87. The lowest BCUT2D eigenvalue weighted by atomic mass is 9.72. The van der Waals surface area contributed by atoms with E-state index in [2.05, 4.69) is 15.6 Å². The number of urea groups is 1. The number of carbonyl (C=O) groups is 5. The Bertz CT molecular complexity index is 1320. The number of carbonyl (C=O) groups excluding carboxylic acids is 4. The Morgan fingerprint density at radius 3 is 2.66 bits per heavy atom. The first-order valence-electron chi connectivity index (χ1n) is 11.6. The van der Waals surface area contributed by atoms with Crippen LogP contribution >= 0.6 is 11.3 Å². The minimum atomic E-state index is -1.88. The van der Waals surface area contributed by atoms with Crippen LogP contribution in [0, 0.1) is 0 Å². The van der Waals surface area contributed by atoms with Gasteiger partial charge in [0.05, 0.1) is 17.2 Å². The Labute approximate surface area is 220 Å². The van der Waals surface area contributed by atoms with Gasteiger partial charge in [-0.1, -0.05) is 12.1 Å². The summed E-state index contributed by atoms with van der Waals surface area (Å²) in [6, 6.07) is 3.47. The largest absolute Gasteiger partial charge is 0.547 e. The molecular formula is C22H25BN6O8S. The lowest BCUT2D eigenvalue weighted by molar-refractivity contribution is -0.153. The fourth-order valence-corrected chi connectivity index (χ4v) is 4.91. The van der Waals surface area contributed by atoms with E-state index in [9.17, 15) is 34.1 Å². The summed E-state index contributed by atoms with van der Waals surface area (Å²) in [5.74, 6) is -4.94. The molecule has 1 fully saturated rings. The number of carboxylic acids is 1. The number of para-hydroxylation sites is 1. The van der Waals surface area contributed by atoms with Crippen molar-refractivity contribution < 1.29 is 38.8 Å². The summed E-state index contributed by atoms with van der Waals surface area (Å²) in [6.07, 6.45) is 0.0263. The Morgan fingerprint density at radius 1 is 1.29 bits per heavy atom. The minimum absolute atomic E-state index is 0.00394. The topological polar surface area (TPSA) is 204 Å². The number of nitrogens with two attached hydrogens (primary N) is 1. The molecule has 5 amide bonds. The SMILES string of the molecule is CCN1CCN(C(=O)N[C@@](C)(C(=O)N[C@H]2Cc3cccc(C(=O)O)c3OB2O)c2csc(N)n2)C(=O)C1=O. The maximum Gasteiger partial charge on any atom is 0.547 e. The fraction of sp³-hybridized carbons (Fsp3) is 0.364. The van der Waals surface area contributed by atoms with E-state index in [1.807, 2.05) is 0 Å². The van der Waals surface area contributed by atoms with E-state index >= 15 is 0 Å². The van der Waals surface area contributed by atoms with Gasteiger partial charge in [0.2, 0.25) is 0 Å². The molecule has 2 aliphatic heterocycles. The Morgan fingerprint density at radius 2 is 2.03 bits per heavy atom. The standard InChI is InChI=1S/C22H25BN6O8S/c1-3-28-7-8-29(17(31)16(28)30)21(35)27-22(2,13-10-38-20(24)25-13)19(34)26-14-9-11-5-4-6-12(18(32)33)15(11)37-23(14)36/h4-6,10,14,36H,3,7-9H2,1-2H3,(H2,24,25)(H,26,34)(H,27,35)(H,32,33)/t14-,22+/m0/s1. The van der Waals surface area contributed by atoms with Gasteiger partial charge in [-0.15, -0.1) is 11.3 Å². The molecule has 0 radical (unpaired) electrons. The molecule has 1 aromatic carbocycles. The molecule has 0 aliphatic carbocycles. The first-order valence-corrected chi connectivity index (χ1v) is 12.5. The van der Waals surface area contributed by atoms with Gasteiger partial charge in [-0.2, -0.15) is 0 Å². The van der Waals surface area contributed by atoms with Crippen molar-refractivity contribution in [2.24, 2.45) is 0 Å². The molecule has 4 rings (SSSR count). The van der Waals surface area contributed by atoms with Gasteiger partial charge in [0.15, 0.2) is 10.7 Å². The van der Waals surface area contributed by atoms with Crippen molar-refractivity contribution in [3.8, 4) is 5.75 Å². The smallest absolute Gasteiger partial charge is 0.534 e. The van der Waals surface area contributed by atoms with Crippen LogP contribution in [0.3, 0.4) is 0 Å². The van der Waals surface area contributed by atoms with Crippen molar-refractivity contribution in [3.05, 3.63) is 40.4 Å². The molecule has 16 heteroatoms. The van der Waals surface area contributed by atoms with Crippen LogP contribution in [0.2, 0.25) is 0 Å². The fourth-order valence-electron chi connectivity index (χ4n) is 4.23. The van der Waals surface area contributed by atoms with E-state index < -0.39 is 48.3 Å². The molecule has 0 spiro atoms. The van der Waals surface area contributed by atoms with Crippen LogP contribution in [0.4, 0.5) is 9.93 Å². The summed E-state index contributed by atoms with van der Waals surface area (Å²) in [5, 5.41) is 26.6. The number of nitrogens with one attached hydrogen (secondary N) is 2. The highest BCUT2D eigenvalue weighted by Crippen LogP contribution is 2.31. The molecule has 6 N–H and O–H groups in total. The maximum atomic E-state index is 13.6. The number of rotatable bonds is 6. The van der Waals surface area contributed by atoms with E-state index in [1.165, 1.54) is 29.3 Å². The number of amides is 5. The molecule has 200 valence electrons. The van der Waals surface area contributed by atoms with E-state index in [0.29, 0.717) is 12.1 Å². The van der Waals surface area contributed by atoms with Gasteiger partial charge in [-0.25, -0.2) is 14.6 Å². The van der Waals surface area contributed by atoms with Gasteiger partial charge >= 0.3 is 30.9 Å². The second-order valence-corrected chi connectivity index (χ2v) is 9.75. The monoisotopic (exact) mass is 544 g/mol. The number of hydrogen-bond donors (Lipinski definition) is 5. The predicted octanol–water partition coefficient (Wildman–Crippen LogP) is -0.821. The maximum absolute atomic E-state index is 13.6. The number of imide groups is 1. The first kappa shape index (κ1) is 26.9. The van der Waals surface area contributed by atoms with Gasteiger partial charge in [0.1, 0.15) is 5.75 Å². The first-order chi connectivity index (χ1) is 18.0. The summed E-state index contributed by atoms with van der Waals surface area (Å²) >= 11 is 1.02. The van der Waals surface area contributed by atoms with Gasteiger partial charge in [0, 0.05) is 25.0 Å².